The van der Waals surface area contributed by atoms with Crippen LogP contribution in [0.25, 0.3) is 10.9 Å². The van der Waals surface area contributed by atoms with Crippen LogP contribution in [0.3, 0.4) is 0 Å². The van der Waals surface area contributed by atoms with Crippen molar-refractivity contribution in [3.05, 3.63) is 46.5 Å². The number of hydrogen-bond donors (Lipinski definition) is 0. The summed E-state index contributed by atoms with van der Waals surface area (Å²) in [6.45, 7) is 2.95. The Balaban J connectivity index is 1.97. The number of benzene rings is 1. The fourth-order valence-corrected chi connectivity index (χ4v) is 3.01. The van der Waals surface area contributed by atoms with Crippen LogP contribution in [0, 0.1) is 0 Å². The molecule has 0 fully saturated rings. The van der Waals surface area contributed by atoms with E-state index < -0.39 is 0 Å². The molecule has 2 heterocycles. The largest absolute Gasteiger partial charge is 0.496 e. The van der Waals surface area contributed by atoms with E-state index in [1.54, 1.807) is 18.4 Å². The minimum absolute atomic E-state index is 0.813. The van der Waals surface area contributed by atoms with Gasteiger partial charge in [-0.2, -0.15) is 0 Å². The number of aromatic nitrogens is 2. The molecule has 1 aromatic carbocycles. The zero-order valence-corrected chi connectivity index (χ0v) is 11.9. The molecule has 2 aromatic heterocycles. The van der Waals surface area contributed by atoms with Gasteiger partial charge in [0, 0.05) is 17.0 Å². The number of fused-ring (bicyclic) bond motifs is 1. The molecule has 0 bridgehead atoms. The molecule has 4 heteroatoms. The van der Waals surface area contributed by atoms with Gasteiger partial charge in [0.05, 0.1) is 29.9 Å². The molecule has 0 aliphatic carbocycles. The zero-order valence-electron chi connectivity index (χ0n) is 11.1. The summed E-state index contributed by atoms with van der Waals surface area (Å²) in [5.74, 6) is 0.920. The Morgan fingerprint density at radius 3 is 2.95 bits per heavy atom. The number of ether oxygens (including phenoxy) is 1. The van der Waals surface area contributed by atoms with Crippen LogP contribution in [0.2, 0.25) is 0 Å². The van der Waals surface area contributed by atoms with Crippen LogP contribution >= 0.6 is 11.3 Å². The molecule has 0 N–H and O–H groups in total. The molecular weight excluding hydrogens is 256 g/mol. The van der Waals surface area contributed by atoms with Crippen molar-refractivity contribution in [2.24, 2.45) is 0 Å². The van der Waals surface area contributed by atoms with E-state index in [1.807, 2.05) is 12.1 Å². The van der Waals surface area contributed by atoms with Crippen molar-refractivity contribution in [3.8, 4) is 5.75 Å². The molecule has 0 unspecified atom stereocenters. The minimum Gasteiger partial charge on any atom is -0.496 e. The van der Waals surface area contributed by atoms with E-state index in [-0.39, 0.29) is 0 Å². The van der Waals surface area contributed by atoms with E-state index in [2.05, 4.69) is 40.2 Å². The normalized spacial score (nSPS) is 11.1. The van der Waals surface area contributed by atoms with Crippen LogP contribution in [-0.4, -0.2) is 16.7 Å². The first-order valence-electron chi connectivity index (χ1n) is 6.37. The average Bonchev–Trinajstić information content (AvgIpc) is 3.06. The molecule has 3 aromatic rings. The topological polar surface area (TPSA) is 27.1 Å². The maximum atomic E-state index is 5.39. The van der Waals surface area contributed by atoms with Crippen LogP contribution in [-0.2, 0) is 13.0 Å². The third-order valence-electron chi connectivity index (χ3n) is 3.23. The van der Waals surface area contributed by atoms with Gasteiger partial charge in [0.1, 0.15) is 5.75 Å². The highest BCUT2D eigenvalue weighted by atomic mass is 32.1. The van der Waals surface area contributed by atoms with E-state index in [9.17, 15) is 0 Å². The number of methoxy groups -OCH3 is 1. The minimum atomic E-state index is 0.813. The van der Waals surface area contributed by atoms with Gasteiger partial charge in [-0.3, -0.25) is 0 Å². The van der Waals surface area contributed by atoms with Crippen molar-refractivity contribution < 1.29 is 4.74 Å². The van der Waals surface area contributed by atoms with Crippen LogP contribution in [0.4, 0.5) is 0 Å². The maximum absolute atomic E-state index is 5.39. The number of rotatable bonds is 4. The lowest BCUT2D eigenvalue weighted by Crippen LogP contribution is -1.98. The molecule has 3 rings (SSSR count). The summed E-state index contributed by atoms with van der Waals surface area (Å²) in [4.78, 5) is 4.62. The van der Waals surface area contributed by atoms with Crippen molar-refractivity contribution in [2.45, 2.75) is 19.9 Å². The van der Waals surface area contributed by atoms with E-state index >= 15 is 0 Å². The van der Waals surface area contributed by atoms with Gasteiger partial charge in [0.15, 0.2) is 0 Å². The van der Waals surface area contributed by atoms with Crippen molar-refractivity contribution in [1.82, 2.24) is 9.55 Å². The second-order valence-electron chi connectivity index (χ2n) is 4.42. The molecular formula is C15H16N2OS. The Bertz CT molecular complexity index is 699. The van der Waals surface area contributed by atoms with Gasteiger partial charge in [0.25, 0.3) is 0 Å². The maximum Gasteiger partial charge on any atom is 0.128 e. The van der Waals surface area contributed by atoms with E-state index in [1.165, 1.54) is 10.5 Å². The first kappa shape index (κ1) is 12.2. The Morgan fingerprint density at radius 2 is 2.21 bits per heavy atom. The molecule has 19 heavy (non-hydrogen) atoms. The van der Waals surface area contributed by atoms with Crippen molar-refractivity contribution >= 4 is 22.2 Å². The Kier molecular flexibility index (Phi) is 3.25. The highest BCUT2D eigenvalue weighted by Crippen LogP contribution is 2.26. The van der Waals surface area contributed by atoms with Crippen LogP contribution in [0.5, 0.6) is 5.75 Å². The predicted molar refractivity (Wildman–Crippen MR) is 79.1 cm³/mol. The molecule has 3 nitrogen and oxygen atoms in total. The lowest BCUT2D eigenvalue weighted by molar-refractivity contribution is 0.420. The Morgan fingerprint density at radius 1 is 1.32 bits per heavy atom. The van der Waals surface area contributed by atoms with Crippen molar-refractivity contribution in [3.63, 3.8) is 0 Å². The van der Waals surface area contributed by atoms with Gasteiger partial charge in [-0.05, 0) is 24.6 Å². The predicted octanol–water partition coefficient (Wildman–Crippen LogP) is 3.72. The Hall–Kier alpha value is -1.81. The zero-order chi connectivity index (χ0) is 13.2. The van der Waals surface area contributed by atoms with Crippen molar-refractivity contribution in [1.29, 1.82) is 0 Å². The average molecular weight is 272 g/mol. The summed E-state index contributed by atoms with van der Waals surface area (Å²) >= 11 is 1.74. The lowest BCUT2D eigenvalue weighted by Gasteiger charge is -2.05. The second kappa shape index (κ2) is 5.05. The highest BCUT2D eigenvalue weighted by molar-refractivity contribution is 7.09. The van der Waals surface area contributed by atoms with Gasteiger partial charge < -0.3 is 9.30 Å². The lowest BCUT2D eigenvalue weighted by atomic mass is 10.2. The van der Waals surface area contributed by atoms with Crippen LogP contribution in [0.15, 0.2) is 35.8 Å². The van der Waals surface area contributed by atoms with Gasteiger partial charge in [-0.1, -0.05) is 13.0 Å². The number of thiazole rings is 1. The SMILES string of the molecule is CCc1nc(Cn2ccc3c(OC)cccc32)cs1. The third-order valence-corrected chi connectivity index (χ3v) is 4.27. The Labute approximate surface area is 116 Å². The summed E-state index contributed by atoms with van der Waals surface area (Å²) in [7, 11) is 1.71. The third kappa shape index (κ3) is 2.24. The monoisotopic (exact) mass is 272 g/mol. The first-order valence-corrected chi connectivity index (χ1v) is 7.25. The summed E-state index contributed by atoms with van der Waals surface area (Å²) in [6.07, 6.45) is 3.10. The number of aryl methyl sites for hydroxylation is 1. The smallest absolute Gasteiger partial charge is 0.128 e. The summed E-state index contributed by atoms with van der Waals surface area (Å²) in [5.41, 5.74) is 2.31. The molecule has 0 aliphatic heterocycles. The molecule has 0 atom stereocenters. The fraction of sp³-hybridized carbons (Fsp3) is 0.267. The molecule has 0 aliphatic rings. The summed E-state index contributed by atoms with van der Waals surface area (Å²) < 4.78 is 7.60. The summed E-state index contributed by atoms with van der Waals surface area (Å²) in [6, 6.07) is 8.23. The molecule has 98 valence electrons. The van der Waals surface area contributed by atoms with Gasteiger partial charge in [-0.25, -0.2) is 4.98 Å². The number of hydrogen-bond acceptors (Lipinski definition) is 3. The van der Waals surface area contributed by atoms with E-state index in [0.717, 1.165) is 29.8 Å². The standard InChI is InChI=1S/C15H16N2OS/c1-3-15-16-11(10-19-15)9-17-8-7-12-13(17)5-4-6-14(12)18-2/h4-8,10H,3,9H2,1-2H3. The molecule has 0 saturated carbocycles. The quantitative estimate of drug-likeness (QED) is 0.724. The molecule has 0 amide bonds. The van der Waals surface area contributed by atoms with Gasteiger partial charge in [0.2, 0.25) is 0 Å². The highest BCUT2D eigenvalue weighted by Gasteiger charge is 2.07. The van der Waals surface area contributed by atoms with Gasteiger partial charge >= 0.3 is 0 Å². The van der Waals surface area contributed by atoms with Gasteiger partial charge in [-0.15, -0.1) is 11.3 Å². The van der Waals surface area contributed by atoms with Crippen LogP contribution in [0.1, 0.15) is 17.6 Å². The number of nitrogens with zero attached hydrogens (tertiary/aromatic N) is 2. The van der Waals surface area contributed by atoms with Crippen LogP contribution < -0.4 is 4.74 Å². The molecule has 0 saturated heterocycles. The van der Waals surface area contributed by atoms with E-state index in [0.29, 0.717) is 0 Å². The molecule has 0 spiro atoms. The molecule has 0 radical (unpaired) electrons. The first-order chi connectivity index (χ1) is 9.31. The van der Waals surface area contributed by atoms with E-state index in [4.69, 9.17) is 4.74 Å². The van der Waals surface area contributed by atoms with Crippen molar-refractivity contribution in [2.75, 3.05) is 7.11 Å². The second-order valence-corrected chi connectivity index (χ2v) is 5.37. The fourth-order valence-electron chi connectivity index (χ4n) is 2.27. The summed E-state index contributed by atoms with van der Waals surface area (Å²) in [5, 5.41) is 4.49.